The fraction of sp³-hybridized carbons (Fsp3) is 0.500. The molecule has 1 heterocycles. The first-order valence-electron chi connectivity index (χ1n) is 6.15. The average molecular weight is 283 g/mol. The van der Waals surface area contributed by atoms with Gasteiger partial charge < -0.3 is 10.4 Å². The Kier molecular flexibility index (Phi) is 5.24. The number of carbonyl (C=O) groups excluding carboxylic acids is 1. The summed E-state index contributed by atoms with van der Waals surface area (Å²) in [4.78, 5) is 45.5. The SMILES string of the molecule is CCC[C@H](NC(=O)Cn1ccc(=O)n(C)c1=O)C(=O)O. The highest BCUT2D eigenvalue weighted by molar-refractivity contribution is 5.83. The van der Waals surface area contributed by atoms with E-state index in [1.54, 1.807) is 6.92 Å². The molecule has 0 aliphatic heterocycles. The minimum Gasteiger partial charge on any atom is -0.480 e. The maximum absolute atomic E-state index is 11.7. The van der Waals surface area contributed by atoms with Crippen LogP contribution < -0.4 is 16.6 Å². The topological polar surface area (TPSA) is 110 Å². The molecule has 1 aromatic rings. The van der Waals surface area contributed by atoms with Crippen LogP contribution in [0.3, 0.4) is 0 Å². The fourth-order valence-electron chi connectivity index (χ4n) is 1.68. The Balaban J connectivity index is 2.81. The Hall–Kier alpha value is -2.38. The number of rotatable bonds is 6. The Bertz CT molecular complexity index is 616. The summed E-state index contributed by atoms with van der Waals surface area (Å²) in [5.74, 6) is -1.71. The van der Waals surface area contributed by atoms with Crippen LogP contribution in [0.1, 0.15) is 19.8 Å². The standard InChI is InChI=1S/C12H17N3O5/c1-3-4-8(11(18)19)13-9(16)7-15-6-5-10(17)14(2)12(15)20/h5-6,8H,3-4,7H2,1-2H3,(H,13,16)(H,18,19)/t8-/m0/s1. The highest BCUT2D eigenvalue weighted by Crippen LogP contribution is 1.97. The van der Waals surface area contributed by atoms with Gasteiger partial charge in [0.15, 0.2) is 0 Å². The van der Waals surface area contributed by atoms with Gasteiger partial charge in [0.1, 0.15) is 12.6 Å². The minimum atomic E-state index is -1.12. The van der Waals surface area contributed by atoms with Crippen molar-refractivity contribution in [2.24, 2.45) is 7.05 Å². The first-order chi connectivity index (χ1) is 9.36. The van der Waals surface area contributed by atoms with Gasteiger partial charge in [0.25, 0.3) is 5.56 Å². The van der Waals surface area contributed by atoms with Crippen molar-refractivity contribution < 1.29 is 14.7 Å². The molecular formula is C12H17N3O5. The van der Waals surface area contributed by atoms with E-state index in [1.165, 1.54) is 13.2 Å². The molecule has 8 nitrogen and oxygen atoms in total. The van der Waals surface area contributed by atoms with Crippen molar-refractivity contribution in [3.63, 3.8) is 0 Å². The number of carboxylic acid groups (broad SMARTS) is 1. The third-order valence-electron chi connectivity index (χ3n) is 2.78. The molecule has 1 atom stereocenters. The average Bonchev–Trinajstić information content (AvgIpc) is 2.39. The second-order valence-corrected chi connectivity index (χ2v) is 4.37. The van der Waals surface area contributed by atoms with E-state index in [0.29, 0.717) is 12.8 Å². The molecule has 0 saturated heterocycles. The lowest BCUT2D eigenvalue weighted by Gasteiger charge is -2.14. The Morgan fingerprint density at radius 1 is 1.40 bits per heavy atom. The van der Waals surface area contributed by atoms with E-state index in [-0.39, 0.29) is 6.54 Å². The maximum atomic E-state index is 11.7. The number of amides is 1. The van der Waals surface area contributed by atoms with Crippen molar-refractivity contribution in [1.82, 2.24) is 14.5 Å². The predicted molar refractivity (Wildman–Crippen MR) is 70.4 cm³/mol. The summed E-state index contributed by atoms with van der Waals surface area (Å²) < 4.78 is 1.91. The first kappa shape index (κ1) is 15.7. The summed E-state index contributed by atoms with van der Waals surface area (Å²) in [7, 11) is 1.30. The van der Waals surface area contributed by atoms with Gasteiger partial charge in [0.2, 0.25) is 5.91 Å². The normalized spacial score (nSPS) is 11.9. The molecule has 2 N–H and O–H groups in total. The number of hydrogen-bond acceptors (Lipinski definition) is 4. The van der Waals surface area contributed by atoms with Gasteiger partial charge >= 0.3 is 11.7 Å². The van der Waals surface area contributed by atoms with Crippen LogP contribution in [0, 0.1) is 0 Å². The molecule has 110 valence electrons. The van der Waals surface area contributed by atoms with Gasteiger partial charge in [-0.25, -0.2) is 9.59 Å². The summed E-state index contributed by atoms with van der Waals surface area (Å²) in [5, 5.41) is 11.3. The lowest BCUT2D eigenvalue weighted by Crippen LogP contribution is -2.45. The van der Waals surface area contributed by atoms with Crippen LogP contribution in [0.25, 0.3) is 0 Å². The molecule has 20 heavy (non-hydrogen) atoms. The van der Waals surface area contributed by atoms with Crippen LogP contribution in [-0.4, -0.2) is 32.2 Å². The summed E-state index contributed by atoms with van der Waals surface area (Å²) >= 11 is 0. The molecule has 0 aliphatic rings. The van der Waals surface area contributed by atoms with Crippen molar-refractivity contribution in [3.8, 4) is 0 Å². The van der Waals surface area contributed by atoms with Crippen molar-refractivity contribution in [3.05, 3.63) is 33.1 Å². The molecule has 0 saturated carbocycles. The summed E-state index contributed by atoms with van der Waals surface area (Å²) in [6.45, 7) is 1.47. The van der Waals surface area contributed by atoms with Gasteiger partial charge in [-0.15, -0.1) is 0 Å². The molecule has 0 bridgehead atoms. The third-order valence-corrected chi connectivity index (χ3v) is 2.78. The fourth-order valence-corrected chi connectivity index (χ4v) is 1.68. The van der Waals surface area contributed by atoms with Crippen LogP contribution in [-0.2, 0) is 23.2 Å². The lowest BCUT2D eigenvalue weighted by molar-refractivity contribution is -0.142. The number of carbonyl (C=O) groups is 2. The number of nitrogens with zero attached hydrogens (tertiary/aromatic N) is 2. The van der Waals surface area contributed by atoms with Gasteiger partial charge in [-0.1, -0.05) is 13.3 Å². The van der Waals surface area contributed by atoms with Crippen LogP contribution in [0.4, 0.5) is 0 Å². The van der Waals surface area contributed by atoms with Crippen molar-refractivity contribution >= 4 is 11.9 Å². The van der Waals surface area contributed by atoms with Crippen LogP contribution >= 0.6 is 0 Å². The minimum absolute atomic E-state index is 0.309. The van der Waals surface area contributed by atoms with E-state index in [2.05, 4.69) is 5.32 Å². The second kappa shape index (κ2) is 6.69. The summed E-state index contributed by atoms with van der Waals surface area (Å²) in [5.41, 5.74) is -1.10. The molecule has 1 aromatic heterocycles. The van der Waals surface area contributed by atoms with E-state index < -0.39 is 29.2 Å². The Morgan fingerprint density at radius 3 is 2.60 bits per heavy atom. The monoisotopic (exact) mass is 283 g/mol. The Morgan fingerprint density at radius 2 is 2.05 bits per heavy atom. The Labute approximate surface area is 114 Å². The van der Waals surface area contributed by atoms with Crippen LogP contribution in [0.15, 0.2) is 21.9 Å². The number of carboxylic acids is 1. The quantitative estimate of drug-likeness (QED) is 0.689. The first-order valence-corrected chi connectivity index (χ1v) is 6.15. The summed E-state index contributed by atoms with van der Waals surface area (Å²) in [6, 6.07) is 0.186. The zero-order valence-electron chi connectivity index (χ0n) is 11.3. The van der Waals surface area contributed by atoms with Gasteiger partial charge in [-0.3, -0.25) is 18.7 Å². The maximum Gasteiger partial charge on any atom is 0.331 e. The zero-order valence-corrected chi connectivity index (χ0v) is 11.3. The van der Waals surface area contributed by atoms with Gasteiger partial charge in [0, 0.05) is 19.3 Å². The number of hydrogen-bond donors (Lipinski definition) is 2. The smallest absolute Gasteiger partial charge is 0.331 e. The van der Waals surface area contributed by atoms with Gasteiger partial charge in [-0.05, 0) is 6.42 Å². The number of aliphatic carboxylic acids is 1. The van der Waals surface area contributed by atoms with E-state index in [4.69, 9.17) is 5.11 Å². The van der Waals surface area contributed by atoms with E-state index in [0.717, 1.165) is 15.2 Å². The number of aromatic nitrogens is 2. The third kappa shape index (κ3) is 3.81. The van der Waals surface area contributed by atoms with Gasteiger partial charge in [0.05, 0.1) is 0 Å². The summed E-state index contributed by atoms with van der Waals surface area (Å²) in [6.07, 6.45) is 2.13. The highest BCUT2D eigenvalue weighted by atomic mass is 16.4. The molecule has 0 radical (unpaired) electrons. The van der Waals surface area contributed by atoms with Crippen molar-refractivity contribution in [2.45, 2.75) is 32.4 Å². The molecule has 1 amide bonds. The lowest BCUT2D eigenvalue weighted by atomic mass is 10.1. The largest absolute Gasteiger partial charge is 0.480 e. The van der Waals surface area contributed by atoms with Crippen LogP contribution in [0.5, 0.6) is 0 Å². The highest BCUT2D eigenvalue weighted by Gasteiger charge is 2.19. The molecule has 0 aliphatic carbocycles. The van der Waals surface area contributed by atoms with Crippen LogP contribution in [0.2, 0.25) is 0 Å². The number of nitrogens with one attached hydrogen (secondary N) is 1. The molecule has 1 rings (SSSR count). The van der Waals surface area contributed by atoms with E-state index >= 15 is 0 Å². The van der Waals surface area contributed by atoms with E-state index in [9.17, 15) is 19.2 Å². The predicted octanol–water partition coefficient (Wildman–Crippen LogP) is -1.08. The molecule has 0 aromatic carbocycles. The molecule has 8 heteroatoms. The van der Waals surface area contributed by atoms with Gasteiger partial charge in [-0.2, -0.15) is 0 Å². The molecule has 0 spiro atoms. The van der Waals surface area contributed by atoms with Crippen molar-refractivity contribution in [1.29, 1.82) is 0 Å². The molecular weight excluding hydrogens is 266 g/mol. The van der Waals surface area contributed by atoms with E-state index in [1.807, 2.05) is 0 Å². The molecule has 0 unspecified atom stereocenters. The molecule has 0 fully saturated rings. The zero-order chi connectivity index (χ0) is 15.3. The second-order valence-electron chi connectivity index (χ2n) is 4.37. The van der Waals surface area contributed by atoms with Crippen molar-refractivity contribution in [2.75, 3.05) is 0 Å².